The molecule has 3 aliphatic carbocycles. The third-order valence-corrected chi connectivity index (χ3v) is 7.22. The molecule has 22 heavy (non-hydrogen) atoms. The zero-order chi connectivity index (χ0) is 14.9. The molecular formula is C17H21N3OS. The minimum absolute atomic E-state index is 0.229. The van der Waals surface area contributed by atoms with Gasteiger partial charge in [0.25, 0.3) is 0 Å². The summed E-state index contributed by atoms with van der Waals surface area (Å²) in [6.07, 6.45) is 9.55. The highest BCUT2D eigenvalue weighted by Crippen LogP contribution is 2.54. The van der Waals surface area contributed by atoms with Crippen molar-refractivity contribution in [3.05, 3.63) is 21.2 Å². The standard InChI is InChI=1S/C17H21N3OS/c18-16(21)13-7-14-11(5-6-22-14)8-20(13)15-10-1-3-12(4-2-10)17(15)9-19-17/h5-8,10,12-13,15,19H,1-4,9H2,(H2,18,21)/t10?,12?,13?,15?,17-/m0/s1. The maximum absolute atomic E-state index is 12.1. The van der Waals surface area contributed by atoms with Crippen molar-refractivity contribution >= 4 is 29.5 Å². The average molecular weight is 315 g/mol. The van der Waals surface area contributed by atoms with E-state index in [1.807, 2.05) is 0 Å². The van der Waals surface area contributed by atoms with Crippen LogP contribution in [0.3, 0.4) is 0 Å². The van der Waals surface area contributed by atoms with Gasteiger partial charge in [-0.2, -0.15) is 0 Å². The third kappa shape index (κ3) is 1.64. The van der Waals surface area contributed by atoms with E-state index in [0.29, 0.717) is 12.0 Å². The Hall–Kier alpha value is -1.33. The topological polar surface area (TPSA) is 68.3 Å². The molecule has 0 aromatic carbocycles. The Morgan fingerprint density at radius 2 is 2.14 bits per heavy atom. The second-order valence-electron chi connectivity index (χ2n) is 7.28. The minimum Gasteiger partial charge on any atom is -0.368 e. The predicted molar refractivity (Wildman–Crippen MR) is 87.3 cm³/mol. The van der Waals surface area contributed by atoms with E-state index >= 15 is 0 Å². The molecule has 116 valence electrons. The lowest BCUT2D eigenvalue weighted by Gasteiger charge is -2.54. The zero-order valence-corrected chi connectivity index (χ0v) is 13.3. The number of thiophene rings is 1. The fourth-order valence-electron chi connectivity index (χ4n) is 5.25. The van der Waals surface area contributed by atoms with Crippen LogP contribution in [0, 0.1) is 11.8 Å². The largest absolute Gasteiger partial charge is 0.368 e. The van der Waals surface area contributed by atoms with Crippen LogP contribution in [0.1, 0.15) is 25.7 Å². The van der Waals surface area contributed by atoms with Gasteiger partial charge < -0.3 is 16.0 Å². The molecule has 3 heterocycles. The summed E-state index contributed by atoms with van der Waals surface area (Å²) in [6.45, 7) is 1.10. The van der Waals surface area contributed by atoms with Gasteiger partial charge in [0, 0.05) is 22.5 Å². The van der Waals surface area contributed by atoms with Gasteiger partial charge in [-0.1, -0.05) is 0 Å². The molecule has 1 aromatic rings. The van der Waals surface area contributed by atoms with Crippen LogP contribution in [0.4, 0.5) is 0 Å². The van der Waals surface area contributed by atoms with E-state index in [0.717, 1.165) is 12.5 Å². The van der Waals surface area contributed by atoms with Crippen molar-refractivity contribution in [2.24, 2.45) is 17.6 Å². The second-order valence-corrected chi connectivity index (χ2v) is 8.23. The molecule has 2 bridgehead atoms. The second kappa shape index (κ2) is 4.36. The van der Waals surface area contributed by atoms with Gasteiger partial charge >= 0.3 is 0 Å². The number of hydrogen-bond acceptors (Lipinski definition) is 4. The van der Waals surface area contributed by atoms with Gasteiger partial charge in [-0.05, 0) is 55.0 Å². The number of nitrogens with two attached hydrogens (primary N) is 1. The SMILES string of the molecule is NC(=O)C1C=c2sccc2=CN1C1C2CCC(CC2)[C@@]12CN2. The Labute approximate surface area is 133 Å². The lowest BCUT2D eigenvalue weighted by atomic mass is 9.60. The maximum atomic E-state index is 12.1. The maximum Gasteiger partial charge on any atom is 0.244 e. The molecule has 5 heteroatoms. The van der Waals surface area contributed by atoms with Crippen LogP contribution in [0.25, 0.3) is 12.3 Å². The van der Waals surface area contributed by atoms with Gasteiger partial charge in [0.1, 0.15) is 6.04 Å². The summed E-state index contributed by atoms with van der Waals surface area (Å²) in [4.78, 5) is 14.4. The van der Waals surface area contributed by atoms with Crippen molar-refractivity contribution in [1.29, 1.82) is 0 Å². The summed E-state index contributed by atoms with van der Waals surface area (Å²) in [5.41, 5.74) is 5.99. The van der Waals surface area contributed by atoms with Crippen LogP contribution in [0.5, 0.6) is 0 Å². The fourth-order valence-corrected chi connectivity index (χ4v) is 6.07. The van der Waals surface area contributed by atoms with Crippen LogP contribution in [-0.4, -0.2) is 35.0 Å². The number of rotatable bonds is 2. The molecule has 2 unspecified atom stereocenters. The van der Waals surface area contributed by atoms with Gasteiger partial charge in [-0.3, -0.25) is 4.79 Å². The van der Waals surface area contributed by atoms with Crippen molar-refractivity contribution in [3.8, 4) is 0 Å². The summed E-state index contributed by atoms with van der Waals surface area (Å²) in [6, 6.07) is 2.27. The van der Waals surface area contributed by atoms with Crippen LogP contribution >= 0.6 is 11.3 Å². The van der Waals surface area contributed by atoms with Crippen molar-refractivity contribution in [2.45, 2.75) is 43.3 Å². The summed E-state index contributed by atoms with van der Waals surface area (Å²) in [5.74, 6) is 1.23. The Kier molecular flexibility index (Phi) is 2.60. The molecular weight excluding hydrogens is 294 g/mol. The molecule has 3 saturated carbocycles. The first-order valence-electron chi connectivity index (χ1n) is 8.28. The molecule has 3 N–H and O–H groups in total. The number of carbonyl (C=O) groups is 1. The molecule has 1 aromatic heterocycles. The quantitative estimate of drug-likeness (QED) is 0.753. The van der Waals surface area contributed by atoms with Crippen LogP contribution in [-0.2, 0) is 4.79 Å². The third-order valence-electron chi connectivity index (χ3n) is 6.32. The van der Waals surface area contributed by atoms with Crippen molar-refractivity contribution in [3.63, 3.8) is 0 Å². The highest BCUT2D eigenvalue weighted by atomic mass is 32.1. The number of nitrogens with one attached hydrogen (secondary N) is 1. The Bertz CT molecular complexity index is 742. The smallest absolute Gasteiger partial charge is 0.244 e. The first-order chi connectivity index (χ1) is 10.7. The molecule has 1 saturated heterocycles. The number of amides is 1. The molecule has 5 aliphatic rings. The molecule has 0 radical (unpaired) electrons. The highest BCUT2D eigenvalue weighted by Gasteiger charge is 2.63. The Balaban J connectivity index is 1.63. The van der Waals surface area contributed by atoms with E-state index in [1.54, 1.807) is 11.3 Å². The molecule has 6 rings (SSSR count). The molecule has 2 aliphatic heterocycles. The van der Waals surface area contributed by atoms with E-state index < -0.39 is 0 Å². The highest BCUT2D eigenvalue weighted by molar-refractivity contribution is 7.07. The normalized spacial score (nSPS) is 41.7. The van der Waals surface area contributed by atoms with E-state index in [-0.39, 0.29) is 17.5 Å². The van der Waals surface area contributed by atoms with Crippen LogP contribution in [0.2, 0.25) is 0 Å². The molecule has 1 spiro atoms. The number of fused-ring (bicyclic) bond motifs is 3. The van der Waals surface area contributed by atoms with E-state index in [2.05, 4.69) is 33.9 Å². The first-order valence-corrected chi connectivity index (χ1v) is 9.16. The molecule has 1 amide bonds. The summed E-state index contributed by atoms with van der Waals surface area (Å²) < 4.78 is 1.18. The fraction of sp³-hybridized carbons (Fsp3) is 0.588. The van der Waals surface area contributed by atoms with Crippen molar-refractivity contribution in [1.82, 2.24) is 10.2 Å². The number of carbonyl (C=O) groups excluding carboxylic acids is 1. The Morgan fingerprint density at radius 3 is 2.82 bits per heavy atom. The minimum atomic E-state index is -0.297. The van der Waals surface area contributed by atoms with Gasteiger partial charge in [0.05, 0.1) is 11.6 Å². The summed E-state index contributed by atoms with van der Waals surface area (Å²) >= 11 is 1.69. The summed E-state index contributed by atoms with van der Waals surface area (Å²) in [5, 5.41) is 7.01. The number of nitrogens with zero attached hydrogens (tertiary/aromatic N) is 1. The molecule has 4 nitrogen and oxygen atoms in total. The average Bonchev–Trinajstić information content (AvgIpc) is 3.15. The van der Waals surface area contributed by atoms with Crippen molar-refractivity contribution < 1.29 is 4.79 Å². The predicted octanol–water partition coefficient (Wildman–Crippen LogP) is -0.0333. The Morgan fingerprint density at radius 1 is 1.36 bits per heavy atom. The van der Waals surface area contributed by atoms with Crippen molar-refractivity contribution in [2.75, 3.05) is 6.54 Å². The molecule has 3 atom stereocenters. The van der Waals surface area contributed by atoms with E-state index in [1.165, 1.54) is 35.4 Å². The first kappa shape index (κ1) is 13.1. The van der Waals surface area contributed by atoms with E-state index in [9.17, 15) is 4.79 Å². The summed E-state index contributed by atoms with van der Waals surface area (Å²) in [7, 11) is 0. The van der Waals surface area contributed by atoms with Gasteiger partial charge in [0.15, 0.2) is 0 Å². The van der Waals surface area contributed by atoms with Crippen LogP contribution < -0.4 is 20.8 Å². The lowest BCUT2D eigenvalue weighted by molar-refractivity contribution is -0.122. The zero-order valence-electron chi connectivity index (χ0n) is 12.5. The number of hydrogen-bond donors (Lipinski definition) is 2. The van der Waals surface area contributed by atoms with Gasteiger partial charge in [-0.15, -0.1) is 11.3 Å². The monoisotopic (exact) mass is 315 g/mol. The lowest BCUT2D eigenvalue weighted by Crippen LogP contribution is -2.63. The number of primary amides is 1. The van der Waals surface area contributed by atoms with E-state index in [4.69, 9.17) is 5.73 Å². The molecule has 4 fully saturated rings. The van der Waals surface area contributed by atoms with Gasteiger partial charge in [0.2, 0.25) is 5.91 Å². The van der Waals surface area contributed by atoms with Crippen LogP contribution in [0.15, 0.2) is 11.4 Å². The van der Waals surface area contributed by atoms with Gasteiger partial charge in [-0.25, -0.2) is 0 Å².